The lowest BCUT2D eigenvalue weighted by Crippen LogP contribution is -2.38. The van der Waals surface area contributed by atoms with Crippen LogP contribution in [0.1, 0.15) is 22.8 Å². The van der Waals surface area contributed by atoms with E-state index >= 15 is 0 Å². The van der Waals surface area contributed by atoms with Crippen molar-refractivity contribution in [3.63, 3.8) is 0 Å². The molecule has 2 aromatic rings. The van der Waals surface area contributed by atoms with Gasteiger partial charge in [-0.05, 0) is 49.2 Å². The van der Waals surface area contributed by atoms with Gasteiger partial charge in [-0.2, -0.15) is 0 Å². The van der Waals surface area contributed by atoms with Gasteiger partial charge >= 0.3 is 6.03 Å². The Morgan fingerprint density at radius 2 is 1.92 bits per heavy atom. The first-order valence-corrected chi connectivity index (χ1v) is 7.94. The van der Waals surface area contributed by atoms with E-state index in [2.05, 4.69) is 10.6 Å². The highest BCUT2D eigenvalue weighted by Gasteiger charge is 2.24. The SMILES string of the molecule is CCNC(=O)N1CCc2ccc(NC(=O)c3ccc(F)c(F)c3)cc21. The topological polar surface area (TPSA) is 61.4 Å². The molecular weight excluding hydrogens is 328 g/mol. The molecule has 3 rings (SSSR count). The number of amides is 3. The Morgan fingerprint density at radius 3 is 2.64 bits per heavy atom. The highest BCUT2D eigenvalue weighted by Crippen LogP contribution is 2.31. The Morgan fingerprint density at radius 1 is 1.12 bits per heavy atom. The molecule has 2 aromatic carbocycles. The maximum Gasteiger partial charge on any atom is 0.321 e. The fourth-order valence-electron chi connectivity index (χ4n) is 2.76. The molecule has 0 aliphatic carbocycles. The molecule has 0 saturated heterocycles. The molecular formula is C18H17F2N3O2. The van der Waals surface area contributed by atoms with Crippen LogP contribution in [0.3, 0.4) is 0 Å². The van der Waals surface area contributed by atoms with Gasteiger partial charge in [-0.25, -0.2) is 13.6 Å². The zero-order valence-corrected chi connectivity index (χ0v) is 13.6. The van der Waals surface area contributed by atoms with Crippen LogP contribution in [0, 0.1) is 11.6 Å². The predicted molar refractivity (Wildman–Crippen MR) is 90.9 cm³/mol. The number of carbonyl (C=O) groups excluding carboxylic acids is 2. The van der Waals surface area contributed by atoms with Crippen molar-refractivity contribution in [3.8, 4) is 0 Å². The Labute approximate surface area is 143 Å². The number of anilines is 2. The first-order valence-electron chi connectivity index (χ1n) is 7.94. The number of carbonyl (C=O) groups is 2. The number of benzene rings is 2. The summed E-state index contributed by atoms with van der Waals surface area (Å²) in [6.45, 7) is 2.94. The van der Waals surface area contributed by atoms with Crippen molar-refractivity contribution in [1.82, 2.24) is 5.32 Å². The molecule has 0 spiro atoms. The number of hydrogen-bond acceptors (Lipinski definition) is 2. The summed E-state index contributed by atoms with van der Waals surface area (Å²) < 4.78 is 26.2. The minimum absolute atomic E-state index is 0.0139. The van der Waals surface area contributed by atoms with Crippen LogP contribution >= 0.6 is 0 Å². The summed E-state index contributed by atoms with van der Waals surface area (Å²) in [7, 11) is 0. The number of nitrogens with one attached hydrogen (secondary N) is 2. The van der Waals surface area contributed by atoms with Gasteiger partial charge in [-0.15, -0.1) is 0 Å². The Hall–Kier alpha value is -2.96. The first-order chi connectivity index (χ1) is 12.0. The van der Waals surface area contributed by atoms with Gasteiger partial charge in [0.05, 0.1) is 5.69 Å². The largest absolute Gasteiger partial charge is 0.338 e. The molecule has 0 aromatic heterocycles. The quantitative estimate of drug-likeness (QED) is 0.897. The van der Waals surface area contributed by atoms with Crippen LogP contribution in [-0.2, 0) is 6.42 Å². The molecule has 0 fully saturated rings. The number of fused-ring (bicyclic) bond motifs is 1. The number of halogens is 2. The van der Waals surface area contributed by atoms with Gasteiger partial charge in [0.2, 0.25) is 0 Å². The molecule has 5 nitrogen and oxygen atoms in total. The molecule has 0 saturated carbocycles. The lowest BCUT2D eigenvalue weighted by molar-refractivity contribution is 0.102. The molecule has 0 radical (unpaired) electrons. The maximum absolute atomic E-state index is 13.3. The van der Waals surface area contributed by atoms with Crippen molar-refractivity contribution in [1.29, 1.82) is 0 Å². The molecule has 7 heteroatoms. The van der Waals surface area contributed by atoms with Gasteiger partial charge in [0.1, 0.15) is 0 Å². The molecule has 1 aliphatic heterocycles. The lowest BCUT2D eigenvalue weighted by Gasteiger charge is -2.18. The summed E-state index contributed by atoms with van der Waals surface area (Å²) in [4.78, 5) is 25.9. The summed E-state index contributed by atoms with van der Waals surface area (Å²) in [5, 5.41) is 5.39. The van der Waals surface area contributed by atoms with Gasteiger partial charge < -0.3 is 10.6 Å². The highest BCUT2D eigenvalue weighted by molar-refractivity contribution is 6.05. The van der Waals surface area contributed by atoms with E-state index < -0.39 is 17.5 Å². The Bertz CT molecular complexity index is 839. The zero-order chi connectivity index (χ0) is 18.0. The molecule has 1 heterocycles. The van der Waals surface area contributed by atoms with Crippen LogP contribution in [0.2, 0.25) is 0 Å². The van der Waals surface area contributed by atoms with Gasteiger partial charge in [-0.3, -0.25) is 9.69 Å². The van der Waals surface area contributed by atoms with E-state index in [0.29, 0.717) is 18.8 Å². The monoisotopic (exact) mass is 345 g/mol. The lowest BCUT2D eigenvalue weighted by atomic mass is 10.1. The van der Waals surface area contributed by atoms with Crippen molar-refractivity contribution in [2.24, 2.45) is 0 Å². The van der Waals surface area contributed by atoms with E-state index in [-0.39, 0.29) is 11.6 Å². The van der Waals surface area contributed by atoms with E-state index in [1.54, 1.807) is 17.0 Å². The summed E-state index contributed by atoms with van der Waals surface area (Å²) in [5.74, 6) is -2.64. The predicted octanol–water partition coefficient (Wildman–Crippen LogP) is 3.31. The van der Waals surface area contributed by atoms with Gasteiger partial charge in [0.15, 0.2) is 11.6 Å². The van der Waals surface area contributed by atoms with Crippen molar-refractivity contribution in [3.05, 3.63) is 59.2 Å². The second-order valence-electron chi connectivity index (χ2n) is 5.66. The van der Waals surface area contributed by atoms with Crippen molar-refractivity contribution < 1.29 is 18.4 Å². The molecule has 0 bridgehead atoms. The van der Waals surface area contributed by atoms with Crippen LogP contribution < -0.4 is 15.5 Å². The molecule has 1 aliphatic rings. The second-order valence-corrected chi connectivity index (χ2v) is 5.66. The van der Waals surface area contributed by atoms with Crippen LogP contribution in [0.15, 0.2) is 36.4 Å². The molecule has 0 atom stereocenters. The smallest absolute Gasteiger partial charge is 0.321 e. The zero-order valence-electron chi connectivity index (χ0n) is 13.6. The number of urea groups is 1. The van der Waals surface area contributed by atoms with Crippen LogP contribution in [0.4, 0.5) is 25.0 Å². The average Bonchev–Trinajstić information content (AvgIpc) is 3.00. The fourth-order valence-corrected chi connectivity index (χ4v) is 2.76. The van der Waals surface area contributed by atoms with E-state index in [1.165, 1.54) is 6.07 Å². The summed E-state index contributed by atoms with van der Waals surface area (Å²) in [5.41, 5.74) is 2.23. The summed E-state index contributed by atoms with van der Waals surface area (Å²) in [6.07, 6.45) is 0.740. The van der Waals surface area contributed by atoms with E-state index in [0.717, 1.165) is 29.8 Å². The van der Waals surface area contributed by atoms with Gasteiger partial charge in [0, 0.05) is 24.3 Å². The first kappa shape index (κ1) is 16.9. The third kappa shape index (κ3) is 3.45. The molecule has 130 valence electrons. The Kier molecular flexibility index (Phi) is 4.65. The van der Waals surface area contributed by atoms with Crippen molar-refractivity contribution in [2.45, 2.75) is 13.3 Å². The fraction of sp³-hybridized carbons (Fsp3) is 0.222. The number of hydrogen-bond donors (Lipinski definition) is 2. The van der Waals surface area contributed by atoms with Crippen molar-refractivity contribution >= 4 is 23.3 Å². The standard InChI is InChI=1S/C18H17F2N3O2/c1-2-21-18(25)23-8-7-11-3-5-13(10-16(11)23)22-17(24)12-4-6-14(19)15(20)9-12/h3-6,9-10H,2,7-8H2,1H3,(H,21,25)(H,22,24). The van der Waals surface area contributed by atoms with Gasteiger partial charge in [0.25, 0.3) is 5.91 Å². The molecule has 0 unspecified atom stereocenters. The third-order valence-electron chi connectivity index (χ3n) is 3.99. The van der Waals surface area contributed by atoms with Crippen LogP contribution in [0.5, 0.6) is 0 Å². The highest BCUT2D eigenvalue weighted by atomic mass is 19.2. The maximum atomic E-state index is 13.3. The summed E-state index contributed by atoms with van der Waals surface area (Å²) >= 11 is 0. The second kappa shape index (κ2) is 6.88. The third-order valence-corrected chi connectivity index (χ3v) is 3.99. The van der Waals surface area contributed by atoms with Crippen molar-refractivity contribution in [2.75, 3.05) is 23.3 Å². The minimum atomic E-state index is -1.08. The number of nitrogens with zero attached hydrogens (tertiary/aromatic N) is 1. The van der Waals surface area contributed by atoms with E-state index in [4.69, 9.17) is 0 Å². The number of rotatable bonds is 3. The van der Waals surface area contributed by atoms with Gasteiger partial charge in [-0.1, -0.05) is 6.07 Å². The molecule has 2 N–H and O–H groups in total. The average molecular weight is 345 g/mol. The molecule has 3 amide bonds. The van der Waals surface area contributed by atoms with Crippen LogP contribution in [0.25, 0.3) is 0 Å². The normalized spacial score (nSPS) is 12.7. The van der Waals surface area contributed by atoms with Crippen LogP contribution in [-0.4, -0.2) is 25.0 Å². The van der Waals surface area contributed by atoms with E-state index in [9.17, 15) is 18.4 Å². The minimum Gasteiger partial charge on any atom is -0.338 e. The molecule has 25 heavy (non-hydrogen) atoms. The Balaban J connectivity index is 1.80. The van der Waals surface area contributed by atoms with E-state index in [1.807, 2.05) is 13.0 Å². The summed E-state index contributed by atoms with van der Waals surface area (Å²) in [6, 6.07) is 8.04.